The van der Waals surface area contributed by atoms with Crippen LogP contribution in [0.15, 0.2) is 54.9 Å². The lowest BCUT2D eigenvalue weighted by Crippen LogP contribution is -2.26. The molecule has 1 aliphatic heterocycles. The van der Waals surface area contributed by atoms with E-state index in [9.17, 15) is 4.79 Å². The summed E-state index contributed by atoms with van der Waals surface area (Å²) in [5.74, 6) is 0.448. The van der Waals surface area contributed by atoms with Crippen molar-refractivity contribution < 1.29 is 4.79 Å². The maximum atomic E-state index is 12.7. The van der Waals surface area contributed by atoms with Gasteiger partial charge in [0.25, 0.3) is 5.91 Å². The molecule has 1 aromatic heterocycles. The Kier molecular flexibility index (Phi) is 5.06. The third-order valence-corrected chi connectivity index (χ3v) is 5.23. The molecule has 0 atom stereocenters. The summed E-state index contributed by atoms with van der Waals surface area (Å²) in [5, 5.41) is 3.03. The van der Waals surface area contributed by atoms with E-state index in [-0.39, 0.29) is 5.91 Å². The van der Waals surface area contributed by atoms with Gasteiger partial charge in [-0.3, -0.25) is 4.79 Å². The van der Waals surface area contributed by atoms with Gasteiger partial charge in [0.2, 0.25) is 5.95 Å². The van der Waals surface area contributed by atoms with Crippen molar-refractivity contribution in [3.63, 3.8) is 0 Å². The molecule has 0 aliphatic carbocycles. The van der Waals surface area contributed by atoms with E-state index in [0.29, 0.717) is 11.5 Å². The fourth-order valence-electron chi connectivity index (χ4n) is 3.71. The minimum atomic E-state index is -0.186. The van der Waals surface area contributed by atoms with Crippen molar-refractivity contribution in [2.45, 2.75) is 33.1 Å². The lowest BCUT2D eigenvalue weighted by atomic mass is 10.0. The molecule has 0 spiro atoms. The number of nitrogens with zero attached hydrogens (tertiary/aromatic N) is 3. The van der Waals surface area contributed by atoms with Crippen LogP contribution >= 0.6 is 0 Å². The predicted molar refractivity (Wildman–Crippen MR) is 112 cm³/mol. The fraction of sp³-hybridized carbons (Fsp3) is 0.261. The van der Waals surface area contributed by atoms with Crippen molar-refractivity contribution in [3.05, 3.63) is 77.1 Å². The maximum absolute atomic E-state index is 12.7. The normalized spacial score (nSPS) is 13.1. The highest BCUT2D eigenvalue weighted by Gasteiger charge is 2.20. The van der Waals surface area contributed by atoms with Crippen LogP contribution in [-0.4, -0.2) is 22.4 Å². The Morgan fingerprint density at radius 3 is 2.68 bits per heavy atom. The summed E-state index contributed by atoms with van der Waals surface area (Å²) in [7, 11) is 0. The Morgan fingerprint density at radius 1 is 1.11 bits per heavy atom. The third kappa shape index (κ3) is 3.48. The number of nitrogens with one attached hydrogen (secondary N) is 1. The molecule has 28 heavy (non-hydrogen) atoms. The molecule has 1 aliphatic rings. The van der Waals surface area contributed by atoms with E-state index in [1.807, 2.05) is 31.2 Å². The second kappa shape index (κ2) is 7.80. The Balaban J connectivity index is 1.55. The molecule has 2 aromatic carbocycles. The first-order chi connectivity index (χ1) is 13.7. The summed E-state index contributed by atoms with van der Waals surface area (Å²) in [6.07, 6.45) is 6.22. The molecule has 5 nitrogen and oxygen atoms in total. The quantitative estimate of drug-likeness (QED) is 0.722. The highest BCUT2D eigenvalue weighted by atomic mass is 16.1. The van der Waals surface area contributed by atoms with Crippen molar-refractivity contribution in [2.75, 3.05) is 16.8 Å². The van der Waals surface area contributed by atoms with E-state index in [1.165, 1.54) is 5.56 Å². The number of benzene rings is 2. The van der Waals surface area contributed by atoms with E-state index >= 15 is 0 Å². The molecule has 0 saturated carbocycles. The summed E-state index contributed by atoms with van der Waals surface area (Å²) in [6, 6.07) is 14.4. The number of aryl methyl sites for hydroxylation is 3. The molecule has 5 heteroatoms. The van der Waals surface area contributed by atoms with Crippen LogP contribution in [0.5, 0.6) is 0 Å². The largest absolute Gasteiger partial charge is 0.321 e. The highest BCUT2D eigenvalue weighted by molar-refractivity contribution is 6.04. The Morgan fingerprint density at radius 2 is 1.89 bits per heavy atom. The Bertz CT molecular complexity index is 998. The molecule has 2 heterocycles. The van der Waals surface area contributed by atoms with Crippen LogP contribution in [-0.2, 0) is 12.8 Å². The van der Waals surface area contributed by atoms with Gasteiger partial charge in [-0.1, -0.05) is 43.3 Å². The standard InChI is InChI=1S/C23H24N4O/c1-3-17-10-6-8-16(2)21(17)26-22(28)19-14-24-23(25-15-19)27-13-7-11-18-9-4-5-12-20(18)27/h4-6,8-10,12,14-15H,3,7,11,13H2,1-2H3,(H,26,28). The molecular weight excluding hydrogens is 348 g/mol. The van der Waals surface area contributed by atoms with Crippen molar-refractivity contribution in [1.29, 1.82) is 0 Å². The zero-order valence-corrected chi connectivity index (χ0v) is 16.3. The molecule has 1 amide bonds. The molecule has 0 saturated heterocycles. The van der Waals surface area contributed by atoms with Crippen LogP contribution < -0.4 is 10.2 Å². The number of carbonyl (C=O) groups excluding carboxylic acids is 1. The number of rotatable bonds is 4. The highest BCUT2D eigenvalue weighted by Crippen LogP contribution is 2.31. The lowest BCUT2D eigenvalue weighted by Gasteiger charge is -2.29. The number of hydrogen-bond donors (Lipinski definition) is 1. The summed E-state index contributed by atoms with van der Waals surface area (Å²) in [6.45, 7) is 4.96. The van der Waals surface area contributed by atoms with Gasteiger partial charge in [-0.2, -0.15) is 0 Å². The topological polar surface area (TPSA) is 58.1 Å². The van der Waals surface area contributed by atoms with E-state index < -0.39 is 0 Å². The van der Waals surface area contributed by atoms with E-state index in [1.54, 1.807) is 12.4 Å². The second-order valence-electron chi connectivity index (χ2n) is 7.07. The molecular formula is C23H24N4O. The van der Waals surface area contributed by atoms with Crippen LogP contribution in [0, 0.1) is 6.92 Å². The number of aromatic nitrogens is 2. The van der Waals surface area contributed by atoms with Crippen molar-refractivity contribution in [3.8, 4) is 0 Å². The van der Waals surface area contributed by atoms with Crippen LogP contribution in [0.25, 0.3) is 0 Å². The van der Waals surface area contributed by atoms with Gasteiger partial charge in [0, 0.05) is 30.3 Å². The molecule has 1 N–H and O–H groups in total. The Hall–Kier alpha value is -3.21. The van der Waals surface area contributed by atoms with Crippen molar-refractivity contribution in [2.24, 2.45) is 0 Å². The molecule has 4 rings (SSSR count). The van der Waals surface area contributed by atoms with Gasteiger partial charge in [-0.05, 0) is 48.9 Å². The van der Waals surface area contributed by atoms with E-state index in [0.717, 1.165) is 48.3 Å². The number of fused-ring (bicyclic) bond motifs is 1. The number of anilines is 3. The van der Waals surface area contributed by atoms with Gasteiger partial charge in [0.15, 0.2) is 0 Å². The summed E-state index contributed by atoms with van der Waals surface area (Å²) < 4.78 is 0. The minimum Gasteiger partial charge on any atom is -0.321 e. The summed E-state index contributed by atoms with van der Waals surface area (Å²) in [5.41, 5.74) is 5.97. The molecule has 0 bridgehead atoms. The molecule has 0 unspecified atom stereocenters. The molecule has 0 fully saturated rings. The average Bonchev–Trinajstić information content (AvgIpc) is 2.75. The van der Waals surface area contributed by atoms with E-state index in [2.05, 4.69) is 45.3 Å². The molecule has 0 radical (unpaired) electrons. The zero-order valence-electron chi connectivity index (χ0n) is 16.3. The smallest absolute Gasteiger partial charge is 0.258 e. The van der Waals surface area contributed by atoms with Crippen LogP contribution in [0.1, 0.15) is 40.4 Å². The van der Waals surface area contributed by atoms with Gasteiger partial charge in [-0.15, -0.1) is 0 Å². The average molecular weight is 372 g/mol. The fourth-order valence-corrected chi connectivity index (χ4v) is 3.71. The number of hydrogen-bond acceptors (Lipinski definition) is 4. The first-order valence-electron chi connectivity index (χ1n) is 9.74. The molecule has 142 valence electrons. The lowest BCUT2D eigenvalue weighted by molar-refractivity contribution is 0.102. The van der Waals surface area contributed by atoms with Crippen LogP contribution in [0.4, 0.5) is 17.3 Å². The zero-order chi connectivity index (χ0) is 19.5. The van der Waals surface area contributed by atoms with Crippen LogP contribution in [0.3, 0.4) is 0 Å². The summed E-state index contributed by atoms with van der Waals surface area (Å²) >= 11 is 0. The second-order valence-corrected chi connectivity index (χ2v) is 7.07. The maximum Gasteiger partial charge on any atom is 0.258 e. The monoisotopic (exact) mass is 372 g/mol. The van der Waals surface area contributed by atoms with Gasteiger partial charge >= 0.3 is 0 Å². The SMILES string of the molecule is CCc1cccc(C)c1NC(=O)c1cnc(N2CCCc3ccccc32)nc1. The van der Waals surface area contributed by atoms with Gasteiger partial charge in [-0.25, -0.2) is 9.97 Å². The minimum absolute atomic E-state index is 0.186. The van der Waals surface area contributed by atoms with Crippen molar-refractivity contribution in [1.82, 2.24) is 9.97 Å². The number of para-hydroxylation sites is 2. The summed E-state index contributed by atoms with van der Waals surface area (Å²) in [4.78, 5) is 23.8. The first-order valence-corrected chi connectivity index (χ1v) is 9.74. The molecule has 3 aromatic rings. The van der Waals surface area contributed by atoms with Gasteiger partial charge in [0.05, 0.1) is 5.56 Å². The van der Waals surface area contributed by atoms with Crippen LogP contribution in [0.2, 0.25) is 0 Å². The Labute approximate surface area is 165 Å². The number of amides is 1. The van der Waals surface area contributed by atoms with Gasteiger partial charge in [0.1, 0.15) is 0 Å². The van der Waals surface area contributed by atoms with Gasteiger partial charge < -0.3 is 10.2 Å². The first kappa shape index (κ1) is 18.2. The number of carbonyl (C=O) groups is 1. The third-order valence-electron chi connectivity index (χ3n) is 5.23. The van der Waals surface area contributed by atoms with E-state index in [4.69, 9.17) is 0 Å². The predicted octanol–water partition coefficient (Wildman–Crippen LogP) is 4.68. The van der Waals surface area contributed by atoms with Crippen molar-refractivity contribution >= 4 is 23.2 Å².